The molecule has 0 N–H and O–H groups in total. The Morgan fingerprint density at radius 3 is 2.71 bits per heavy atom. The van der Waals surface area contributed by atoms with E-state index in [-0.39, 0.29) is 12.2 Å². The summed E-state index contributed by atoms with van der Waals surface area (Å²) >= 11 is 3.16. The minimum atomic E-state index is -2.83. The maximum atomic E-state index is 11.8. The quantitative estimate of drug-likeness (QED) is 0.838. The van der Waals surface area contributed by atoms with E-state index in [9.17, 15) is 8.78 Å². The molecule has 5 heteroatoms. The summed E-state index contributed by atoms with van der Waals surface area (Å²) in [6.45, 7) is -2.83. The Morgan fingerprint density at radius 2 is 2.21 bits per heavy atom. The number of alkyl halides is 2. The summed E-state index contributed by atoms with van der Waals surface area (Å²) in [5.41, 5.74) is 0.745. The van der Waals surface area contributed by atoms with Gasteiger partial charge in [0.1, 0.15) is 5.75 Å². The van der Waals surface area contributed by atoms with Crippen LogP contribution in [-0.2, 0) is 6.42 Å². The lowest BCUT2D eigenvalue weighted by molar-refractivity contribution is -0.0498. The number of nitriles is 1. The van der Waals surface area contributed by atoms with Crippen molar-refractivity contribution in [2.75, 3.05) is 0 Å². The molecule has 0 fully saturated rings. The first-order chi connectivity index (χ1) is 6.63. The Kier molecular flexibility index (Phi) is 3.84. The van der Waals surface area contributed by atoms with E-state index < -0.39 is 6.61 Å². The standard InChI is InChI=1S/C9H6BrF2NO/c10-8-5-7(14-9(11)12)2-1-6(8)3-4-13/h1-2,5,9H,3H2. The van der Waals surface area contributed by atoms with E-state index in [1.54, 1.807) is 6.07 Å². The van der Waals surface area contributed by atoms with E-state index >= 15 is 0 Å². The largest absolute Gasteiger partial charge is 0.435 e. The summed E-state index contributed by atoms with van der Waals surface area (Å²) in [5.74, 6) is 0.0774. The summed E-state index contributed by atoms with van der Waals surface area (Å²) in [7, 11) is 0. The lowest BCUT2D eigenvalue weighted by atomic mass is 10.2. The fraction of sp³-hybridized carbons (Fsp3) is 0.222. The first-order valence-corrected chi connectivity index (χ1v) is 4.53. The van der Waals surface area contributed by atoms with Crippen LogP contribution in [0.15, 0.2) is 22.7 Å². The Hall–Kier alpha value is -1.15. The minimum Gasteiger partial charge on any atom is -0.435 e. The Morgan fingerprint density at radius 1 is 1.50 bits per heavy atom. The average molecular weight is 262 g/mol. The van der Waals surface area contributed by atoms with E-state index in [4.69, 9.17) is 5.26 Å². The Labute approximate surface area is 88.2 Å². The summed E-state index contributed by atoms with van der Waals surface area (Å²) in [4.78, 5) is 0. The molecule has 74 valence electrons. The summed E-state index contributed by atoms with van der Waals surface area (Å²) in [6.07, 6.45) is 0.232. The van der Waals surface area contributed by atoms with Gasteiger partial charge in [-0.1, -0.05) is 22.0 Å². The van der Waals surface area contributed by atoms with Gasteiger partial charge in [0.15, 0.2) is 0 Å². The van der Waals surface area contributed by atoms with Crippen LogP contribution in [0, 0.1) is 11.3 Å². The maximum Gasteiger partial charge on any atom is 0.387 e. The van der Waals surface area contributed by atoms with Crippen molar-refractivity contribution in [1.82, 2.24) is 0 Å². The highest BCUT2D eigenvalue weighted by Crippen LogP contribution is 2.24. The van der Waals surface area contributed by atoms with Crippen LogP contribution in [0.3, 0.4) is 0 Å². The number of halogens is 3. The first kappa shape index (κ1) is 10.9. The number of rotatable bonds is 3. The third kappa shape index (κ3) is 2.96. The van der Waals surface area contributed by atoms with Gasteiger partial charge in [-0.25, -0.2) is 0 Å². The normalized spacial score (nSPS) is 9.93. The van der Waals surface area contributed by atoms with E-state index in [0.717, 1.165) is 5.56 Å². The van der Waals surface area contributed by atoms with Crippen LogP contribution in [0.5, 0.6) is 5.75 Å². The molecule has 0 spiro atoms. The van der Waals surface area contributed by atoms with Gasteiger partial charge in [0.2, 0.25) is 0 Å². The van der Waals surface area contributed by atoms with Gasteiger partial charge >= 0.3 is 6.61 Å². The van der Waals surface area contributed by atoms with Crippen molar-refractivity contribution in [3.8, 4) is 11.8 Å². The summed E-state index contributed by atoms with van der Waals surface area (Å²) in [6, 6.07) is 6.36. The van der Waals surface area contributed by atoms with E-state index in [0.29, 0.717) is 4.47 Å². The van der Waals surface area contributed by atoms with E-state index in [2.05, 4.69) is 20.7 Å². The molecule has 0 aliphatic heterocycles. The van der Waals surface area contributed by atoms with E-state index in [1.165, 1.54) is 12.1 Å². The number of hydrogen-bond acceptors (Lipinski definition) is 2. The molecule has 0 saturated carbocycles. The van der Waals surface area contributed by atoms with Crippen molar-refractivity contribution in [2.45, 2.75) is 13.0 Å². The van der Waals surface area contributed by atoms with Crippen molar-refractivity contribution >= 4 is 15.9 Å². The van der Waals surface area contributed by atoms with Gasteiger partial charge < -0.3 is 4.74 Å². The highest BCUT2D eigenvalue weighted by Gasteiger charge is 2.06. The lowest BCUT2D eigenvalue weighted by Gasteiger charge is -2.06. The topological polar surface area (TPSA) is 33.0 Å². The van der Waals surface area contributed by atoms with Crippen molar-refractivity contribution in [3.05, 3.63) is 28.2 Å². The van der Waals surface area contributed by atoms with Crippen LogP contribution in [-0.4, -0.2) is 6.61 Å². The van der Waals surface area contributed by atoms with Gasteiger partial charge in [-0.15, -0.1) is 0 Å². The molecule has 2 nitrogen and oxygen atoms in total. The molecule has 0 aromatic heterocycles. The second-order valence-corrected chi connectivity index (χ2v) is 3.32. The molecule has 0 aliphatic rings. The molecule has 0 amide bonds. The highest BCUT2D eigenvalue weighted by atomic mass is 79.9. The van der Waals surface area contributed by atoms with Crippen LogP contribution in [0.25, 0.3) is 0 Å². The molecule has 0 bridgehead atoms. The molecule has 0 heterocycles. The molecule has 0 atom stereocenters. The first-order valence-electron chi connectivity index (χ1n) is 3.73. The molecule has 14 heavy (non-hydrogen) atoms. The van der Waals surface area contributed by atoms with Gasteiger partial charge in [0.05, 0.1) is 12.5 Å². The lowest BCUT2D eigenvalue weighted by Crippen LogP contribution is -2.01. The second-order valence-electron chi connectivity index (χ2n) is 2.47. The summed E-state index contributed by atoms with van der Waals surface area (Å²) in [5, 5.41) is 8.44. The molecule has 0 saturated heterocycles. The SMILES string of the molecule is N#CCc1ccc(OC(F)F)cc1Br. The second kappa shape index (κ2) is 4.91. The molecule has 0 unspecified atom stereocenters. The van der Waals surface area contributed by atoms with Gasteiger partial charge in [-0.3, -0.25) is 0 Å². The van der Waals surface area contributed by atoms with Crippen LogP contribution in [0.2, 0.25) is 0 Å². The predicted molar refractivity (Wildman–Crippen MR) is 50.1 cm³/mol. The zero-order chi connectivity index (χ0) is 10.6. The van der Waals surface area contributed by atoms with Crippen molar-refractivity contribution in [3.63, 3.8) is 0 Å². The zero-order valence-electron chi connectivity index (χ0n) is 7.01. The van der Waals surface area contributed by atoms with E-state index in [1.807, 2.05) is 6.07 Å². The molecule has 1 rings (SSSR count). The van der Waals surface area contributed by atoms with Crippen LogP contribution >= 0.6 is 15.9 Å². The van der Waals surface area contributed by atoms with Gasteiger partial charge in [0.25, 0.3) is 0 Å². The summed E-state index contributed by atoms with van der Waals surface area (Å²) < 4.78 is 28.4. The minimum absolute atomic E-state index is 0.0774. The van der Waals surface area contributed by atoms with Crippen molar-refractivity contribution in [1.29, 1.82) is 5.26 Å². The van der Waals surface area contributed by atoms with Crippen molar-refractivity contribution in [2.24, 2.45) is 0 Å². The maximum absolute atomic E-state index is 11.8. The molecule has 1 aromatic carbocycles. The molecule has 0 aliphatic carbocycles. The average Bonchev–Trinajstić information content (AvgIpc) is 2.09. The fourth-order valence-corrected chi connectivity index (χ4v) is 1.43. The van der Waals surface area contributed by atoms with Gasteiger partial charge in [0, 0.05) is 4.47 Å². The third-order valence-electron chi connectivity index (χ3n) is 1.52. The van der Waals surface area contributed by atoms with Gasteiger partial charge in [-0.2, -0.15) is 14.0 Å². The Bertz CT molecular complexity index is 362. The Balaban J connectivity index is 2.84. The number of hydrogen-bond donors (Lipinski definition) is 0. The number of ether oxygens (including phenoxy) is 1. The molecule has 0 radical (unpaired) electrons. The molecular formula is C9H6BrF2NO. The number of nitrogens with zero attached hydrogens (tertiary/aromatic N) is 1. The van der Waals surface area contributed by atoms with Gasteiger partial charge in [-0.05, 0) is 17.7 Å². The smallest absolute Gasteiger partial charge is 0.387 e. The van der Waals surface area contributed by atoms with Crippen molar-refractivity contribution < 1.29 is 13.5 Å². The highest BCUT2D eigenvalue weighted by molar-refractivity contribution is 9.10. The number of benzene rings is 1. The molecule has 1 aromatic rings. The fourth-order valence-electron chi connectivity index (χ4n) is 0.933. The van der Waals surface area contributed by atoms with Crippen LogP contribution < -0.4 is 4.74 Å². The van der Waals surface area contributed by atoms with Crippen LogP contribution in [0.4, 0.5) is 8.78 Å². The zero-order valence-corrected chi connectivity index (χ0v) is 8.59. The monoisotopic (exact) mass is 261 g/mol. The third-order valence-corrected chi connectivity index (χ3v) is 2.26. The van der Waals surface area contributed by atoms with Crippen LogP contribution in [0.1, 0.15) is 5.56 Å². The molecular weight excluding hydrogens is 256 g/mol. The predicted octanol–water partition coefficient (Wildman–Crippen LogP) is 3.12.